The van der Waals surface area contributed by atoms with E-state index < -0.39 is 41.6 Å². The van der Waals surface area contributed by atoms with Crippen LogP contribution < -0.4 is 0 Å². The van der Waals surface area contributed by atoms with Crippen molar-refractivity contribution in [1.82, 2.24) is 5.06 Å². The molecule has 186 valence electrons. The first-order valence-electron chi connectivity index (χ1n) is 11.1. The summed E-state index contributed by atoms with van der Waals surface area (Å²) in [4.78, 5) is 0. The Bertz CT molecular complexity index is 444. The first-order valence-corrected chi connectivity index (χ1v) is 12.6. The zero-order chi connectivity index (χ0) is 23.6. The van der Waals surface area contributed by atoms with Crippen molar-refractivity contribution in [3.63, 3.8) is 0 Å². The van der Waals surface area contributed by atoms with Gasteiger partial charge in [-0.15, -0.1) is 0 Å². The minimum Gasteiger partial charge on any atom is -0.393 e. The summed E-state index contributed by atoms with van der Waals surface area (Å²) in [5.41, 5.74) is 0. The predicted octanol–water partition coefficient (Wildman–Crippen LogP) is 0.576. The van der Waals surface area contributed by atoms with Crippen LogP contribution in [-0.2, 0) is 20.1 Å². The SMILES string of the molecule is [CH]C(O)CCC(O)CCC(O)CCC(O)CCC(O)COCCN(CCC)OS(C)=O. The third kappa shape index (κ3) is 20.2. The van der Waals surface area contributed by atoms with E-state index in [0.717, 1.165) is 6.42 Å². The number of nitrogens with zero attached hydrogens (tertiary/aromatic N) is 1. The van der Waals surface area contributed by atoms with Gasteiger partial charge >= 0.3 is 0 Å². The molecule has 0 spiro atoms. The molecule has 0 aliphatic rings. The lowest BCUT2D eigenvalue weighted by Crippen LogP contribution is -2.30. The van der Waals surface area contributed by atoms with Crippen LogP contribution in [0.25, 0.3) is 0 Å². The van der Waals surface area contributed by atoms with Crippen LogP contribution in [0.2, 0.25) is 0 Å². The highest BCUT2D eigenvalue weighted by Crippen LogP contribution is 2.14. The van der Waals surface area contributed by atoms with Gasteiger partial charge in [0.1, 0.15) is 0 Å². The number of aliphatic hydroxyl groups is 5. The van der Waals surface area contributed by atoms with Crippen molar-refractivity contribution in [2.24, 2.45) is 0 Å². The molecule has 10 heteroatoms. The van der Waals surface area contributed by atoms with E-state index in [1.807, 2.05) is 6.92 Å². The van der Waals surface area contributed by atoms with Gasteiger partial charge in [0.05, 0.1) is 43.7 Å². The van der Waals surface area contributed by atoms with Crippen LogP contribution in [0.3, 0.4) is 0 Å². The summed E-state index contributed by atoms with van der Waals surface area (Å²) < 4.78 is 21.7. The molecule has 0 aromatic rings. The Kier molecular flexibility index (Phi) is 19.2. The van der Waals surface area contributed by atoms with Crippen molar-refractivity contribution in [1.29, 1.82) is 0 Å². The Morgan fingerprint density at radius 1 is 0.806 bits per heavy atom. The normalized spacial score (nSPS) is 18.0. The van der Waals surface area contributed by atoms with Gasteiger partial charge in [0, 0.05) is 19.3 Å². The molecule has 0 heterocycles. The monoisotopic (exact) mass is 469 g/mol. The van der Waals surface area contributed by atoms with Gasteiger partial charge in [0.15, 0.2) is 11.1 Å². The van der Waals surface area contributed by atoms with Crippen molar-refractivity contribution in [3.8, 4) is 0 Å². The minimum atomic E-state index is -1.38. The standard InChI is InChI=1S/C21H43NO8S/c1-4-13-22(30-31(3)28)14-15-29-16-21(27)12-11-20(26)10-9-19(25)8-7-18(24)6-5-17(2)23/h2,17-21,23-27H,4-16H2,1,3H3. The Balaban J connectivity index is 3.81. The lowest BCUT2D eigenvalue weighted by atomic mass is 9.99. The molecular formula is C21H43NO8S. The third-order valence-corrected chi connectivity index (χ3v) is 5.19. The minimum absolute atomic E-state index is 0.139. The van der Waals surface area contributed by atoms with E-state index in [-0.39, 0.29) is 6.61 Å². The van der Waals surface area contributed by atoms with E-state index >= 15 is 0 Å². The molecule has 0 aliphatic carbocycles. The van der Waals surface area contributed by atoms with E-state index in [1.165, 1.54) is 6.26 Å². The highest BCUT2D eigenvalue weighted by Gasteiger charge is 2.15. The van der Waals surface area contributed by atoms with Gasteiger partial charge in [-0.05, 0) is 64.7 Å². The molecule has 6 atom stereocenters. The fraction of sp³-hybridized carbons (Fsp3) is 0.952. The van der Waals surface area contributed by atoms with Crippen molar-refractivity contribution in [2.75, 3.05) is 32.6 Å². The second-order valence-corrected chi connectivity index (χ2v) is 8.92. The van der Waals surface area contributed by atoms with E-state index in [0.29, 0.717) is 71.1 Å². The van der Waals surface area contributed by atoms with E-state index in [2.05, 4.69) is 0 Å². The average Bonchev–Trinajstić information content (AvgIpc) is 2.70. The molecule has 0 aliphatic heterocycles. The molecule has 0 saturated carbocycles. The molecule has 2 radical (unpaired) electrons. The zero-order valence-corrected chi connectivity index (χ0v) is 19.8. The number of ether oxygens (including phenoxy) is 1. The Morgan fingerprint density at radius 2 is 1.26 bits per heavy atom. The lowest BCUT2D eigenvalue weighted by molar-refractivity contribution is -0.0698. The largest absolute Gasteiger partial charge is 0.393 e. The number of hydroxylamine groups is 2. The summed E-state index contributed by atoms with van der Waals surface area (Å²) >= 11 is -1.38. The summed E-state index contributed by atoms with van der Waals surface area (Å²) in [5, 5.41) is 50.4. The van der Waals surface area contributed by atoms with Gasteiger partial charge in [-0.25, -0.2) is 4.21 Å². The Morgan fingerprint density at radius 3 is 1.68 bits per heavy atom. The summed E-state index contributed by atoms with van der Waals surface area (Å²) in [7, 11) is 0. The van der Waals surface area contributed by atoms with Crippen LogP contribution in [0.1, 0.15) is 64.7 Å². The summed E-state index contributed by atoms with van der Waals surface area (Å²) in [5.74, 6) is 0. The molecule has 31 heavy (non-hydrogen) atoms. The van der Waals surface area contributed by atoms with Crippen LogP contribution in [0, 0.1) is 6.92 Å². The van der Waals surface area contributed by atoms with Crippen molar-refractivity contribution in [3.05, 3.63) is 6.92 Å². The molecule has 0 saturated heterocycles. The first kappa shape index (κ1) is 30.8. The molecule has 6 unspecified atom stereocenters. The topological polar surface area (TPSA) is 140 Å². The third-order valence-electron chi connectivity index (χ3n) is 4.77. The molecule has 0 aromatic heterocycles. The smallest absolute Gasteiger partial charge is 0.170 e. The number of aliphatic hydroxyl groups excluding tert-OH is 5. The number of hydrogen-bond donors (Lipinski definition) is 5. The van der Waals surface area contributed by atoms with Gasteiger partial charge in [-0.3, -0.25) is 0 Å². The van der Waals surface area contributed by atoms with Crippen LogP contribution in [-0.4, -0.2) is 97.9 Å². The fourth-order valence-electron chi connectivity index (χ4n) is 3.00. The summed E-state index contributed by atoms with van der Waals surface area (Å²) in [6.07, 6.45) is 1.92. The molecule has 0 bridgehead atoms. The average molecular weight is 470 g/mol. The van der Waals surface area contributed by atoms with Crippen molar-refractivity contribution < 1.29 is 38.8 Å². The van der Waals surface area contributed by atoms with Gasteiger partial charge < -0.3 is 30.3 Å². The molecule has 5 N–H and O–H groups in total. The number of rotatable bonds is 21. The van der Waals surface area contributed by atoms with Crippen LogP contribution in [0.5, 0.6) is 0 Å². The van der Waals surface area contributed by atoms with Gasteiger partial charge in [0.2, 0.25) is 0 Å². The molecule has 0 aromatic carbocycles. The first-order chi connectivity index (χ1) is 14.6. The van der Waals surface area contributed by atoms with Crippen LogP contribution >= 0.6 is 0 Å². The number of hydrogen-bond acceptors (Lipinski definition) is 9. The van der Waals surface area contributed by atoms with Crippen molar-refractivity contribution >= 4 is 11.1 Å². The molecule has 0 fully saturated rings. The zero-order valence-electron chi connectivity index (χ0n) is 19.0. The highest BCUT2D eigenvalue weighted by molar-refractivity contribution is 7.79. The Labute approximate surface area is 190 Å². The van der Waals surface area contributed by atoms with Crippen molar-refractivity contribution in [2.45, 2.75) is 95.2 Å². The van der Waals surface area contributed by atoms with Gasteiger partial charge in [-0.1, -0.05) is 6.92 Å². The summed E-state index contributed by atoms with van der Waals surface area (Å²) in [6.45, 7) is 8.77. The maximum absolute atomic E-state index is 11.1. The molecule has 0 amide bonds. The summed E-state index contributed by atoms with van der Waals surface area (Å²) in [6, 6.07) is 0. The molecule has 9 nitrogen and oxygen atoms in total. The lowest BCUT2D eigenvalue weighted by Gasteiger charge is -2.20. The Hall–Kier alpha value is -0.170. The maximum atomic E-state index is 11.1. The molecular weight excluding hydrogens is 426 g/mol. The van der Waals surface area contributed by atoms with Gasteiger partial charge in [0.25, 0.3) is 0 Å². The maximum Gasteiger partial charge on any atom is 0.170 e. The van der Waals surface area contributed by atoms with Gasteiger partial charge in [-0.2, -0.15) is 9.35 Å². The fourth-order valence-corrected chi connectivity index (χ4v) is 3.45. The van der Waals surface area contributed by atoms with E-state index in [4.69, 9.17) is 21.1 Å². The second-order valence-electron chi connectivity index (χ2n) is 7.97. The highest BCUT2D eigenvalue weighted by atomic mass is 32.2. The van der Waals surface area contributed by atoms with Crippen LogP contribution in [0.15, 0.2) is 0 Å². The predicted molar refractivity (Wildman–Crippen MR) is 119 cm³/mol. The van der Waals surface area contributed by atoms with E-state index in [1.54, 1.807) is 5.06 Å². The van der Waals surface area contributed by atoms with Crippen LogP contribution in [0.4, 0.5) is 0 Å². The quantitative estimate of drug-likeness (QED) is 0.121. The molecule has 0 rings (SSSR count). The van der Waals surface area contributed by atoms with E-state index in [9.17, 15) is 24.6 Å². The second kappa shape index (κ2) is 19.3.